The van der Waals surface area contributed by atoms with E-state index in [4.69, 9.17) is 4.74 Å². The molecule has 104 valence electrons. The molecule has 0 fully saturated rings. The first-order valence-electron chi connectivity index (χ1n) is 6.66. The quantitative estimate of drug-likeness (QED) is 0.746. The molecule has 0 aliphatic carbocycles. The van der Waals surface area contributed by atoms with Crippen molar-refractivity contribution in [3.63, 3.8) is 0 Å². The Morgan fingerprint density at radius 3 is 3.16 bits per heavy atom. The van der Waals surface area contributed by atoms with Crippen molar-refractivity contribution < 1.29 is 14.6 Å². The first kappa shape index (κ1) is 13.7. The monoisotopic (exact) mass is 264 g/mol. The normalized spacial score (nSPS) is 18.7. The Morgan fingerprint density at radius 2 is 2.37 bits per heavy atom. The number of hydrogen-bond acceptors (Lipinski definition) is 4. The third-order valence-corrected chi connectivity index (χ3v) is 3.06. The molecule has 19 heavy (non-hydrogen) atoms. The number of benzene rings is 1. The maximum Gasteiger partial charge on any atom is 0.263 e. The Bertz CT molecular complexity index is 436. The molecule has 1 aliphatic heterocycles. The molecule has 5 heteroatoms. The predicted molar refractivity (Wildman–Crippen MR) is 73.3 cm³/mol. The van der Waals surface area contributed by atoms with Crippen LogP contribution in [0.4, 0.5) is 5.69 Å². The van der Waals surface area contributed by atoms with Crippen molar-refractivity contribution in [2.45, 2.75) is 32.0 Å². The molecule has 0 spiro atoms. The lowest BCUT2D eigenvalue weighted by atomic mass is 10.2. The van der Waals surface area contributed by atoms with Crippen molar-refractivity contribution in [1.29, 1.82) is 0 Å². The van der Waals surface area contributed by atoms with Crippen LogP contribution in [-0.4, -0.2) is 36.3 Å². The standard InChI is InChI=1S/C14H20N2O3/c1-2-5-10(17)8-16-14(18)13-9-15-11-6-3-4-7-12(11)19-13/h3-4,6-7,10,13,15,17H,2,5,8-9H2,1H3,(H,16,18). The summed E-state index contributed by atoms with van der Waals surface area (Å²) in [6.07, 6.45) is 0.542. The highest BCUT2D eigenvalue weighted by Crippen LogP contribution is 2.28. The van der Waals surface area contributed by atoms with E-state index in [1.807, 2.05) is 31.2 Å². The zero-order chi connectivity index (χ0) is 13.7. The number of carbonyl (C=O) groups is 1. The van der Waals surface area contributed by atoms with Crippen molar-refractivity contribution in [3.8, 4) is 5.75 Å². The number of hydrogen-bond donors (Lipinski definition) is 3. The highest BCUT2D eigenvalue weighted by Gasteiger charge is 2.25. The zero-order valence-electron chi connectivity index (χ0n) is 11.1. The van der Waals surface area contributed by atoms with Crippen LogP contribution in [0, 0.1) is 0 Å². The number of nitrogens with one attached hydrogen (secondary N) is 2. The van der Waals surface area contributed by atoms with E-state index in [1.54, 1.807) is 0 Å². The van der Waals surface area contributed by atoms with Crippen LogP contribution in [0.3, 0.4) is 0 Å². The van der Waals surface area contributed by atoms with Gasteiger partial charge in [0.15, 0.2) is 6.10 Å². The summed E-state index contributed by atoms with van der Waals surface area (Å²) in [6.45, 7) is 2.71. The summed E-state index contributed by atoms with van der Waals surface area (Å²) in [5, 5.41) is 15.5. The number of anilines is 1. The fourth-order valence-corrected chi connectivity index (χ4v) is 2.03. The van der Waals surface area contributed by atoms with Gasteiger partial charge in [0.25, 0.3) is 5.91 Å². The van der Waals surface area contributed by atoms with Crippen molar-refractivity contribution in [1.82, 2.24) is 5.32 Å². The molecule has 0 aromatic heterocycles. The minimum absolute atomic E-state index is 0.197. The fraction of sp³-hybridized carbons (Fsp3) is 0.500. The maximum atomic E-state index is 11.9. The van der Waals surface area contributed by atoms with Crippen LogP contribution in [0.2, 0.25) is 0 Å². The Hall–Kier alpha value is -1.75. The van der Waals surface area contributed by atoms with Gasteiger partial charge in [-0.15, -0.1) is 0 Å². The second-order valence-corrected chi connectivity index (χ2v) is 4.67. The summed E-state index contributed by atoms with van der Waals surface area (Å²) in [5.41, 5.74) is 0.901. The minimum atomic E-state index is -0.552. The van der Waals surface area contributed by atoms with Gasteiger partial charge in [-0.05, 0) is 18.6 Å². The minimum Gasteiger partial charge on any atom is -0.477 e. The maximum absolute atomic E-state index is 11.9. The average Bonchev–Trinajstić information content (AvgIpc) is 2.44. The lowest BCUT2D eigenvalue weighted by Crippen LogP contribution is -2.46. The van der Waals surface area contributed by atoms with E-state index in [0.29, 0.717) is 18.7 Å². The number of aliphatic hydroxyl groups excluding tert-OH is 1. The predicted octanol–water partition coefficient (Wildman–Crippen LogP) is 1.14. The third-order valence-electron chi connectivity index (χ3n) is 3.06. The third kappa shape index (κ3) is 3.61. The second-order valence-electron chi connectivity index (χ2n) is 4.67. The molecule has 1 heterocycles. The van der Waals surface area contributed by atoms with Gasteiger partial charge in [0.2, 0.25) is 0 Å². The van der Waals surface area contributed by atoms with Gasteiger partial charge in [-0.3, -0.25) is 4.79 Å². The van der Waals surface area contributed by atoms with E-state index < -0.39 is 12.2 Å². The number of fused-ring (bicyclic) bond motifs is 1. The van der Waals surface area contributed by atoms with E-state index in [9.17, 15) is 9.90 Å². The van der Waals surface area contributed by atoms with Gasteiger partial charge >= 0.3 is 0 Å². The number of carbonyl (C=O) groups excluding carboxylic acids is 1. The molecule has 2 unspecified atom stereocenters. The zero-order valence-corrected chi connectivity index (χ0v) is 11.1. The Kier molecular flexibility index (Phi) is 4.63. The van der Waals surface area contributed by atoms with E-state index in [-0.39, 0.29) is 12.5 Å². The number of amides is 1. The summed E-state index contributed by atoms with van der Waals surface area (Å²) in [6, 6.07) is 7.52. The van der Waals surface area contributed by atoms with Gasteiger partial charge in [-0.1, -0.05) is 25.5 Å². The second kappa shape index (κ2) is 6.43. The number of rotatable bonds is 5. The van der Waals surface area contributed by atoms with Crippen LogP contribution < -0.4 is 15.4 Å². The SMILES string of the molecule is CCCC(O)CNC(=O)C1CNc2ccccc2O1. The topological polar surface area (TPSA) is 70.6 Å². The van der Waals surface area contributed by atoms with Crippen LogP contribution in [0.15, 0.2) is 24.3 Å². The molecule has 1 aliphatic rings. The molecule has 1 aromatic rings. The van der Waals surface area contributed by atoms with Crippen LogP contribution in [0.5, 0.6) is 5.75 Å². The number of aliphatic hydroxyl groups is 1. The Balaban J connectivity index is 1.85. The number of ether oxygens (including phenoxy) is 1. The average molecular weight is 264 g/mol. The van der Waals surface area contributed by atoms with Crippen LogP contribution in [-0.2, 0) is 4.79 Å². The molecule has 0 radical (unpaired) electrons. The molecule has 3 N–H and O–H groups in total. The van der Waals surface area contributed by atoms with Gasteiger partial charge < -0.3 is 20.5 Å². The van der Waals surface area contributed by atoms with Crippen molar-refractivity contribution >= 4 is 11.6 Å². The smallest absolute Gasteiger partial charge is 0.263 e. The molecule has 0 saturated heterocycles. The number of para-hydroxylation sites is 2. The van der Waals surface area contributed by atoms with E-state index in [1.165, 1.54) is 0 Å². The summed E-state index contributed by atoms with van der Waals surface area (Å²) in [4.78, 5) is 11.9. The lowest BCUT2D eigenvalue weighted by molar-refractivity contribution is -0.128. The largest absolute Gasteiger partial charge is 0.477 e. The summed E-state index contributed by atoms with van der Waals surface area (Å²) < 4.78 is 5.63. The van der Waals surface area contributed by atoms with Gasteiger partial charge in [-0.2, -0.15) is 0 Å². The van der Waals surface area contributed by atoms with Gasteiger partial charge in [0.05, 0.1) is 18.3 Å². The van der Waals surface area contributed by atoms with E-state index >= 15 is 0 Å². The molecular weight excluding hydrogens is 244 g/mol. The molecular formula is C14H20N2O3. The Morgan fingerprint density at radius 1 is 1.58 bits per heavy atom. The van der Waals surface area contributed by atoms with Crippen LogP contribution >= 0.6 is 0 Å². The van der Waals surface area contributed by atoms with Gasteiger partial charge in [0, 0.05) is 6.54 Å². The van der Waals surface area contributed by atoms with Crippen molar-refractivity contribution in [2.24, 2.45) is 0 Å². The molecule has 5 nitrogen and oxygen atoms in total. The van der Waals surface area contributed by atoms with Crippen LogP contribution in [0.1, 0.15) is 19.8 Å². The van der Waals surface area contributed by atoms with E-state index in [2.05, 4.69) is 10.6 Å². The molecule has 1 amide bonds. The first-order valence-corrected chi connectivity index (χ1v) is 6.66. The molecule has 2 rings (SSSR count). The highest BCUT2D eigenvalue weighted by atomic mass is 16.5. The van der Waals surface area contributed by atoms with Gasteiger partial charge in [0.1, 0.15) is 5.75 Å². The summed E-state index contributed by atoms with van der Waals surface area (Å²) in [5.74, 6) is 0.486. The van der Waals surface area contributed by atoms with E-state index in [0.717, 1.165) is 12.1 Å². The van der Waals surface area contributed by atoms with Gasteiger partial charge in [-0.25, -0.2) is 0 Å². The fourth-order valence-electron chi connectivity index (χ4n) is 2.03. The molecule has 1 aromatic carbocycles. The summed E-state index contributed by atoms with van der Waals surface area (Å²) >= 11 is 0. The lowest BCUT2D eigenvalue weighted by Gasteiger charge is -2.26. The molecule has 2 atom stereocenters. The molecule has 0 bridgehead atoms. The molecule has 0 saturated carbocycles. The van der Waals surface area contributed by atoms with Crippen molar-refractivity contribution in [2.75, 3.05) is 18.4 Å². The summed E-state index contributed by atoms with van der Waals surface area (Å²) in [7, 11) is 0. The first-order chi connectivity index (χ1) is 9.20. The Labute approximate surface area is 113 Å². The van der Waals surface area contributed by atoms with Crippen molar-refractivity contribution in [3.05, 3.63) is 24.3 Å². The van der Waals surface area contributed by atoms with Crippen LogP contribution in [0.25, 0.3) is 0 Å². The highest BCUT2D eigenvalue weighted by molar-refractivity contribution is 5.83.